The van der Waals surface area contributed by atoms with Gasteiger partial charge in [0.25, 0.3) is 0 Å². The number of carbonyl (C=O) groups excluding carboxylic acids is 1. The molecule has 0 saturated heterocycles. The lowest BCUT2D eigenvalue weighted by atomic mass is 9.99. The molecule has 0 aromatic heterocycles. The fourth-order valence-corrected chi connectivity index (χ4v) is 1.88. The van der Waals surface area contributed by atoms with Crippen LogP contribution in [0.15, 0.2) is 0 Å². The largest absolute Gasteiger partial charge is 0.511 e. The van der Waals surface area contributed by atoms with E-state index in [1.54, 1.807) is 20.8 Å². The maximum Gasteiger partial charge on any atom is 0.511 e. The van der Waals surface area contributed by atoms with E-state index in [4.69, 9.17) is 19.2 Å². The fraction of sp³-hybridized carbons (Fsp3) is 0.941. The second-order valence-corrected chi connectivity index (χ2v) is 6.53. The number of hydrogen-bond acceptors (Lipinski definition) is 5. The first-order valence-corrected chi connectivity index (χ1v) is 8.51. The van der Waals surface area contributed by atoms with Crippen molar-refractivity contribution in [3.05, 3.63) is 0 Å². The van der Waals surface area contributed by atoms with Gasteiger partial charge < -0.3 is 9.47 Å². The Labute approximate surface area is 135 Å². The normalized spacial score (nSPS) is 14.5. The highest BCUT2D eigenvalue weighted by Gasteiger charge is 2.28. The quantitative estimate of drug-likeness (QED) is 0.172. The van der Waals surface area contributed by atoms with E-state index in [2.05, 4.69) is 20.8 Å². The van der Waals surface area contributed by atoms with Crippen molar-refractivity contribution in [2.75, 3.05) is 6.61 Å². The maximum absolute atomic E-state index is 11.9. The Balaban J connectivity index is 4.57. The Bertz CT molecular complexity index is 285. The van der Waals surface area contributed by atoms with Gasteiger partial charge in [0, 0.05) is 5.92 Å². The molecule has 0 aliphatic rings. The Hall–Kier alpha value is -0.810. The topological polar surface area (TPSA) is 54.0 Å². The van der Waals surface area contributed by atoms with Crippen LogP contribution < -0.4 is 0 Å². The zero-order valence-corrected chi connectivity index (χ0v) is 15.1. The van der Waals surface area contributed by atoms with Crippen LogP contribution in [0.1, 0.15) is 80.1 Å². The molecule has 0 N–H and O–H groups in total. The SMILES string of the molecule is CCCCOOC(OC(=O)OC(C)(C)C)C(CC)CCCC. The summed E-state index contributed by atoms with van der Waals surface area (Å²) in [6, 6.07) is 0. The molecular weight excluding hydrogens is 284 g/mol. The van der Waals surface area contributed by atoms with Crippen molar-refractivity contribution in [2.24, 2.45) is 5.92 Å². The molecule has 0 aliphatic heterocycles. The highest BCUT2D eigenvalue weighted by Crippen LogP contribution is 2.22. The van der Waals surface area contributed by atoms with Crippen LogP contribution in [0.3, 0.4) is 0 Å². The lowest BCUT2D eigenvalue weighted by molar-refractivity contribution is -0.382. The molecular formula is C17H34O5. The van der Waals surface area contributed by atoms with Crippen LogP contribution in [0.25, 0.3) is 0 Å². The maximum atomic E-state index is 11.9. The van der Waals surface area contributed by atoms with Crippen molar-refractivity contribution >= 4 is 6.16 Å². The average molecular weight is 318 g/mol. The van der Waals surface area contributed by atoms with Gasteiger partial charge in [0.2, 0.25) is 6.29 Å². The van der Waals surface area contributed by atoms with Crippen LogP contribution in [-0.4, -0.2) is 24.7 Å². The molecule has 132 valence electrons. The molecule has 0 aromatic rings. The van der Waals surface area contributed by atoms with Crippen molar-refractivity contribution < 1.29 is 24.0 Å². The molecule has 0 bridgehead atoms. The van der Waals surface area contributed by atoms with E-state index in [9.17, 15) is 4.79 Å². The Morgan fingerprint density at radius 3 is 2.18 bits per heavy atom. The number of carbonyl (C=O) groups is 1. The number of unbranched alkanes of at least 4 members (excludes halogenated alkanes) is 2. The highest BCUT2D eigenvalue weighted by molar-refractivity contribution is 5.60. The van der Waals surface area contributed by atoms with Gasteiger partial charge in [0.05, 0.1) is 6.61 Å². The van der Waals surface area contributed by atoms with E-state index in [1.165, 1.54) is 0 Å². The predicted octanol–water partition coefficient (Wildman–Crippen LogP) is 5.23. The summed E-state index contributed by atoms with van der Waals surface area (Å²) in [7, 11) is 0. The van der Waals surface area contributed by atoms with Crippen LogP contribution in [0, 0.1) is 5.92 Å². The van der Waals surface area contributed by atoms with Gasteiger partial charge >= 0.3 is 6.16 Å². The lowest BCUT2D eigenvalue weighted by Crippen LogP contribution is -2.33. The summed E-state index contributed by atoms with van der Waals surface area (Å²) in [4.78, 5) is 22.4. The van der Waals surface area contributed by atoms with Gasteiger partial charge in [-0.25, -0.2) is 9.68 Å². The molecule has 0 radical (unpaired) electrons. The highest BCUT2D eigenvalue weighted by atomic mass is 17.2. The molecule has 5 heteroatoms. The minimum absolute atomic E-state index is 0.106. The standard InChI is InChI=1S/C17H34O5/c1-7-10-12-14(9-3)15(22-19-13-11-8-2)20-16(18)21-17(4,5)6/h14-15H,7-13H2,1-6H3. The number of rotatable bonds is 11. The summed E-state index contributed by atoms with van der Waals surface area (Å²) < 4.78 is 10.5. The second kappa shape index (κ2) is 11.7. The van der Waals surface area contributed by atoms with Crippen molar-refractivity contribution in [1.29, 1.82) is 0 Å². The summed E-state index contributed by atoms with van der Waals surface area (Å²) in [6.45, 7) is 12.2. The first-order valence-electron chi connectivity index (χ1n) is 8.51. The third-order valence-corrected chi connectivity index (χ3v) is 3.18. The van der Waals surface area contributed by atoms with E-state index in [-0.39, 0.29) is 5.92 Å². The summed E-state index contributed by atoms with van der Waals surface area (Å²) in [6.07, 6.45) is 4.42. The zero-order valence-electron chi connectivity index (χ0n) is 15.1. The Morgan fingerprint density at radius 2 is 1.68 bits per heavy atom. The van der Waals surface area contributed by atoms with Crippen LogP contribution in [-0.2, 0) is 19.2 Å². The van der Waals surface area contributed by atoms with Crippen LogP contribution >= 0.6 is 0 Å². The van der Waals surface area contributed by atoms with Gasteiger partial charge in [0.15, 0.2) is 0 Å². The molecule has 2 unspecified atom stereocenters. The van der Waals surface area contributed by atoms with Gasteiger partial charge in [-0.15, -0.1) is 0 Å². The molecule has 0 saturated carbocycles. The molecule has 0 amide bonds. The van der Waals surface area contributed by atoms with Crippen molar-refractivity contribution in [1.82, 2.24) is 0 Å². The van der Waals surface area contributed by atoms with Crippen LogP contribution in [0.5, 0.6) is 0 Å². The predicted molar refractivity (Wildman–Crippen MR) is 86.4 cm³/mol. The van der Waals surface area contributed by atoms with E-state index < -0.39 is 18.0 Å². The first kappa shape index (κ1) is 21.2. The van der Waals surface area contributed by atoms with E-state index in [1.807, 2.05) is 0 Å². The van der Waals surface area contributed by atoms with Gasteiger partial charge in [0.1, 0.15) is 5.60 Å². The minimum atomic E-state index is -0.719. The fourth-order valence-electron chi connectivity index (χ4n) is 1.88. The molecule has 0 aromatic carbocycles. The van der Waals surface area contributed by atoms with Crippen molar-refractivity contribution in [3.63, 3.8) is 0 Å². The molecule has 0 aliphatic carbocycles. The Morgan fingerprint density at radius 1 is 1.05 bits per heavy atom. The summed E-state index contributed by atoms with van der Waals surface area (Å²) in [5, 5.41) is 0. The zero-order chi connectivity index (χ0) is 17.0. The summed E-state index contributed by atoms with van der Waals surface area (Å²) in [5.41, 5.74) is -0.587. The van der Waals surface area contributed by atoms with Crippen LogP contribution in [0.2, 0.25) is 0 Å². The van der Waals surface area contributed by atoms with E-state index in [0.717, 1.165) is 38.5 Å². The second-order valence-electron chi connectivity index (χ2n) is 6.53. The third kappa shape index (κ3) is 10.9. The van der Waals surface area contributed by atoms with Crippen molar-refractivity contribution in [2.45, 2.75) is 92.0 Å². The minimum Gasteiger partial charge on any atom is -0.429 e. The molecule has 0 rings (SSSR count). The van der Waals surface area contributed by atoms with Crippen LogP contribution in [0.4, 0.5) is 4.79 Å². The molecule has 2 atom stereocenters. The first-order chi connectivity index (χ1) is 10.3. The number of hydrogen-bond donors (Lipinski definition) is 0. The Kier molecular flexibility index (Phi) is 11.3. The molecule has 22 heavy (non-hydrogen) atoms. The molecule has 0 spiro atoms. The smallest absolute Gasteiger partial charge is 0.429 e. The van der Waals surface area contributed by atoms with Gasteiger partial charge in [-0.3, -0.25) is 0 Å². The number of ether oxygens (including phenoxy) is 2. The van der Waals surface area contributed by atoms with Crippen molar-refractivity contribution in [3.8, 4) is 0 Å². The summed E-state index contributed by atoms with van der Waals surface area (Å²) in [5.74, 6) is 0.106. The third-order valence-electron chi connectivity index (χ3n) is 3.18. The van der Waals surface area contributed by atoms with Gasteiger partial charge in [-0.05, 0) is 40.0 Å². The molecule has 0 fully saturated rings. The average Bonchev–Trinajstić information content (AvgIpc) is 2.41. The lowest BCUT2D eigenvalue weighted by Gasteiger charge is -2.26. The van der Waals surface area contributed by atoms with E-state index >= 15 is 0 Å². The summed E-state index contributed by atoms with van der Waals surface area (Å²) >= 11 is 0. The monoisotopic (exact) mass is 318 g/mol. The molecule has 0 heterocycles. The molecule has 5 nitrogen and oxygen atoms in total. The van der Waals surface area contributed by atoms with E-state index in [0.29, 0.717) is 6.61 Å². The van der Waals surface area contributed by atoms with Gasteiger partial charge in [-0.2, -0.15) is 4.89 Å². The van der Waals surface area contributed by atoms with Gasteiger partial charge in [-0.1, -0.05) is 40.0 Å².